The van der Waals surface area contributed by atoms with E-state index < -0.39 is 0 Å². The van der Waals surface area contributed by atoms with Gasteiger partial charge >= 0.3 is 0 Å². The van der Waals surface area contributed by atoms with E-state index in [9.17, 15) is 9.18 Å². The van der Waals surface area contributed by atoms with Gasteiger partial charge in [-0.25, -0.2) is 4.39 Å². The summed E-state index contributed by atoms with van der Waals surface area (Å²) in [4.78, 5) is 12.7. The summed E-state index contributed by atoms with van der Waals surface area (Å²) in [5.41, 5.74) is 2.34. The van der Waals surface area contributed by atoms with Crippen LogP contribution in [0.5, 0.6) is 5.75 Å². The Kier molecular flexibility index (Phi) is 5.64. The molecule has 0 saturated heterocycles. The zero-order valence-corrected chi connectivity index (χ0v) is 14.5. The lowest BCUT2D eigenvalue weighted by atomic mass is 10.1. The SMILES string of the molecule is CC(NC(=O)c1ccccc1OCc1ccccc1)c1ccc(F)cc1. The lowest BCUT2D eigenvalue weighted by molar-refractivity contribution is 0.0935. The van der Waals surface area contributed by atoms with Crippen LogP contribution in [0.2, 0.25) is 0 Å². The first-order valence-electron chi connectivity index (χ1n) is 8.45. The van der Waals surface area contributed by atoms with E-state index in [2.05, 4.69) is 5.32 Å². The Bertz CT molecular complexity index is 863. The normalized spacial score (nSPS) is 11.6. The fourth-order valence-corrected chi connectivity index (χ4v) is 2.62. The zero-order valence-electron chi connectivity index (χ0n) is 14.5. The Labute approximate surface area is 152 Å². The molecule has 1 atom stereocenters. The molecule has 3 rings (SSSR count). The molecule has 0 aromatic heterocycles. The van der Waals surface area contributed by atoms with E-state index in [-0.39, 0.29) is 17.8 Å². The summed E-state index contributed by atoms with van der Waals surface area (Å²) in [5, 5.41) is 2.93. The third kappa shape index (κ3) is 4.48. The summed E-state index contributed by atoms with van der Waals surface area (Å²) >= 11 is 0. The van der Waals surface area contributed by atoms with Crippen LogP contribution in [-0.2, 0) is 6.61 Å². The first-order valence-corrected chi connectivity index (χ1v) is 8.45. The molecule has 0 bridgehead atoms. The summed E-state index contributed by atoms with van der Waals surface area (Å²) in [6.07, 6.45) is 0. The predicted octanol–water partition coefficient (Wildman–Crippen LogP) is 4.90. The third-order valence-corrected chi connectivity index (χ3v) is 4.09. The lowest BCUT2D eigenvalue weighted by Gasteiger charge is -2.16. The van der Waals surface area contributed by atoms with Crippen molar-refractivity contribution in [2.45, 2.75) is 19.6 Å². The van der Waals surface area contributed by atoms with Gasteiger partial charge in [0.05, 0.1) is 11.6 Å². The Balaban J connectivity index is 1.70. The minimum Gasteiger partial charge on any atom is -0.488 e. The van der Waals surface area contributed by atoms with Crippen molar-refractivity contribution in [3.05, 3.63) is 101 Å². The van der Waals surface area contributed by atoms with E-state index in [1.54, 1.807) is 30.3 Å². The van der Waals surface area contributed by atoms with Crippen molar-refractivity contribution >= 4 is 5.91 Å². The number of hydrogen-bond donors (Lipinski definition) is 1. The number of ether oxygens (including phenoxy) is 1. The lowest BCUT2D eigenvalue weighted by Crippen LogP contribution is -2.27. The zero-order chi connectivity index (χ0) is 18.4. The third-order valence-electron chi connectivity index (χ3n) is 4.09. The molecule has 3 aromatic carbocycles. The van der Waals surface area contributed by atoms with Crippen LogP contribution < -0.4 is 10.1 Å². The molecule has 0 aliphatic heterocycles. The molecule has 3 aromatic rings. The van der Waals surface area contributed by atoms with E-state index in [0.717, 1.165) is 11.1 Å². The number of amides is 1. The van der Waals surface area contributed by atoms with Crippen LogP contribution in [0.25, 0.3) is 0 Å². The highest BCUT2D eigenvalue weighted by molar-refractivity contribution is 5.97. The van der Waals surface area contributed by atoms with Gasteiger partial charge in [-0.3, -0.25) is 4.79 Å². The highest BCUT2D eigenvalue weighted by Crippen LogP contribution is 2.21. The number of rotatable bonds is 6. The van der Waals surface area contributed by atoms with Crippen LogP contribution in [-0.4, -0.2) is 5.91 Å². The van der Waals surface area contributed by atoms with Crippen molar-refractivity contribution in [2.75, 3.05) is 0 Å². The molecule has 0 fully saturated rings. The second-order valence-electron chi connectivity index (χ2n) is 6.02. The highest BCUT2D eigenvalue weighted by Gasteiger charge is 2.15. The second-order valence-corrected chi connectivity index (χ2v) is 6.02. The van der Waals surface area contributed by atoms with E-state index >= 15 is 0 Å². The van der Waals surface area contributed by atoms with Gasteiger partial charge in [-0.2, -0.15) is 0 Å². The van der Waals surface area contributed by atoms with E-state index in [1.165, 1.54) is 12.1 Å². The number of para-hydroxylation sites is 1. The van der Waals surface area contributed by atoms with Crippen molar-refractivity contribution in [3.8, 4) is 5.75 Å². The minimum atomic E-state index is -0.299. The van der Waals surface area contributed by atoms with Gasteiger partial charge in [-0.05, 0) is 42.3 Å². The van der Waals surface area contributed by atoms with Crippen molar-refractivity contribution in [1.29, 1.82) is 0 Å². The quantitative estimate of drug-likeness (QED) is 0.688. The van der Waals surface area contributed by atoms with Crippen molar-refractivity contribution in [1.82, 2.24) is 5.32 Å². The first-order chi connectivity index (χ1) is 12.6. The van der Waals surface area contributed by atoms with Crippen LogP contribution in [0.3, 0.4) is 0 Å². The summed E-state index contributed by atoms with van der Waals surface area (Å²) in [6.45, 7) is 2.25. The standard InChI is InChI=1S/C22H20FNO2/c1-16(18-11-13-19(23)14-12-18)24-22(25)20-9-5-6-10-21(20)26-15-17-7-3-2-4-8-17/h2-14,16H,15H2,1H3,(H,24,25). The molecule has 1 N–H and O–H groups in total. The van der Waals surface area contributed by atoms with Gasteiger partial charge in [0.15, 0.2) is 0 Å². The van der Waals surface area contributed by atoms with E-state index in [4.69, 9.17) is 4.74 Å². The molecular formula is C22H20FNO2. The largest absolute Gasteiger partial charge is 0.488 e. The fraction of sp³-hybridized carbons (Fsp3) is 0.136. The Morgan fingerprint density at radius 1 is 0.962 bits per heavy atom. The molecule has 132 valence electrons. The topological polar surface area (TPSA) is 38.3 Å². The maximum atomic E-state index is 13.1. The first kappa shape index (κ1) is 17.7. The van der Waals surface area contributed by atoms with Crippen LogP contribution in [0.1, 0.15) is 34.5 Å². The van der Waals surface area contributed by atoms with Gasteiger partial charge in [0.25, 0.3) is 5.91 Å². The van der Waals surface area contributed by atoms with E-state index in [0.29, 0.717) is 17.9 Å². The highest BCUT2D eigenvalue weighted by atomic mass is 19.1. The smallest absolute Gasteiger partial charge is 0.255 e. The fourth-order valence-electron chi connectivity index (χ4n) is 2.62. The summed E-state index contributed by atoms with van der Waals surface area (Å²) < 4.78 is 18.9. The number of halogens is 1. The van der Waals surface area contributed by atoms with Gasteiger partial charge in [0.2, 0.25) is 0 Å². The summed E-state index contributed by atoms with van der Waals surface area (Å²) in [6, 6.07) is 22.8. The number of carbonyl (C=O) groups excluding carboxylic acids is 1. The summed E-state index contributed by atoms with van der Waals surface area (Å²) in [7, 11) is 0. The molecule has 0 saturated carbocycles. The monoisotopic (exact) mass is 349 g/mol. The molecule has 1 amide bonds. The van der Waals surface area contributed by atoms with Crippen LogP contribution in [0.4, 0.5) is 4.39 Å². The van der Waals surface area contributed by atoms with Crippen LogP contribution in [0, 0.1) is 5.82 Å². The average Bonchev–Trinajstić information content (AvgIpc) is 2.68. The van der Waals surface area contributed by atoms with E-state index in [1.807, 2.05) is 43.3 Å². The van der Waals surface area contributed by atoms with Gasteiger partial charge in [-0.1, -0.05) is 54.6 Å². The maximum Gasteiger partial charge on any atom is 0.255 e. The van der Waals surface area contributed by atoms with Crippen molar-refractivity contribution in [3.63, 3.8) is 0 Å². The van der Waals surface area contributed by atoms with Gasteiger partial charge < -0.3 is 10.1 Å². The molecular weight excluding hydrogens is 329 g/mol. The molecule has 0 spiro atoms. The number of hydrogen-bond acceptors (Lipinski definition) is 2. The van der Waals surface area contributed by atoms with Crippen LogP contribution >= 0.6 is 0 Å². The van der Waals surface area contributed by atoms with Gasteiger partial charge in [-0.15, -0.1) is 0 Å². The van der Waals surface area contributed by atoms with Crippen molar-refractivity contribution in [2.24, 2.45) is 0 Å². The number of benzene rings is 3. The second kappa shape index (κ2) is 8.30. The Morgan fingerprint density at radius 2 is 1.62 bits per heavy atom. The molecule has 4 heteroatoms. The Morgan fingerprint density at radius 3 is 2.35 bits per heavy atom. The van der Waals surface area contributed by atoms with Crippen molar-refractivity contribution < 1.29 is 13.9 Å². The molecule has 3 nitrogen and oxygen atoms in total. The van der Waals surface area contributed by atoms with Gasteiger partial charge in [0.1, 0.15) is 18.2 Å². The Hall–Kier alpha value is -3.14. The molecule has 0 heterocycles. The van der Waals surface area contributed by atoms with Gasteiger partial charge in [0, 0.05) is 0 Å². The average molecular weight is 349 g/mol. The molecule has 26 heavy (non-hydrogen) atoms. The molecule has 0 radical (unpaired) electrons. The minimum absolute atomic E-state index is 0.231. The molecule has 0 aliphatic rings. The predicted molar refractivity (Wildman–Crippen MR) is 99.5 cm³/mol. The molecule has 1 unspecified atom stereocenters. The maximum absolute atomic E-state index is 13.1. The number of carbonyl (C=O) groups is 1. The van der Waals surface area contributed by atoms with Crippen LogP contribution in [0.15, 0.2) is 78.9 Å². The molecule has 0 aliphatic carbocycles. The number of nitrogens with one attached hydrogen (secondary N) is 1. The summed E-state index contributed by atoms with van der Waals surface area (Å²) in [5.74, 6) is -0.00224.